The Labute approximate surface area is 136 Å². The Bertz CT molecular complexity index is 735. The number of hydrogen-bond donors (Lipinski definition) is 2. The molecule has 114 valence electrons. The van der Waals surface area contributed by atoms with Gasteiger partial charge in [0.2, 0.25) is 0 Å². The number of hydrogen-bond acceptors (Lipinski definition) is 5. The first kappa shape index (κ1) is 16.2. The maximum atomic E-state index is 12.1. The van der Waals surface area contributed by atoms with Crippen molar-refractivity contribution >= 4 is 35.3 Å². The highest BCUT2D eigenvalue weighted by molar-refractivity contribution is 6.42. The molecule has 0 bridgehead atoms. The van der Waals surface area contributed by atoms with Gasteiger partial charge in [0.05, 0.1) is 22.0 Å². The van der Waals surface area contributed by atoms with E-state index in [9.17, 15) is 4.79 Å². The SMILES string of the molecule is Cc1nc(/C=N\O)cc(C(=O)NCc2ccc(Cl)c(Cl)c2)n1. The normalized spacial score (nSPS) is 10.9. The summed E-state index contributed by atoms with van der Waals surface area (Å²) in [4.78, 5) is 20.2. The van der Waals surface area contributed by atoms with Gasteiger partial charge in [-0.05, 0) is 30.7 Å². The van der Waals surface area contributed by atoms with Gasteiger partial charge >= 0.3 is 0 Å². The van der Waals surface area contributed by atoms with Crippen molar-refractivity contribution in [1.82, 2.24) is 15.3 Å². The number of nitrogens with one attached hydrogen (secondary N) is 1. The smallest absolute Gasteiger partial charge is 0.270 e. The average Bonchev–Trinajstić information content (AvgIpc) is 2.48. The van der Waals surface area contributed by atoms with Gasteiger partial charge in [-0.1, -0.05) is 34.4 Å². The Balaban J connectivity index is 2.10. The van der Waals surface area contributed by atoms with Gasteiger partial charge in [0.15, 0.2) is 0 Å². The molecule has 2 N–H and O–H groups in total. The second-order valence-electron chi connectivity index (χ2n) is 4.40. The minimum absolute atomic E-state index is 0.183. The summed E-state index contributed by atoms with van der Waals surface area (Å²) < 4.78 is 0. The third kappa shape index (κ3) is 4.16. The molecule has 0 radical (unpaired) electrons. The number of aryl methyl sites for hydroxylation is 1. The zero-order valence-corrected chi connectivity index (χ0v) is 13.1. The number of amides is 1. The Morgan fingerprint density at radius 1 is 1.32 bits per heavy atom. The molecular formula is C14H12Cl2N4O2. The zero-order valence-electron chi connectivity index (χ0n) is 11.5. The lowest BCUT2D eigenvalue weighted by atomic mass is 10.2. The second-order valence-corrected chi connectivity index (χ2v) is 5.22. The van der Waals surface area contributed by atoms with Crippen molar-refractivity contribution in [2.24, 2.45) is 5.16 Å². The molecule has 2 aromatic rings. The van der Waals surface area contributed by atoms with Crippen LogP contribution in [0.2, 0.25) is 10.0 Å². The summed E-state index contributed by atoms with van der Waals surface area (Å²) >= 11 is 11.8. The number of rotatable bonds is 4. The number of halogens is 2. The molecular weight excluding hydrogens is 327 g/mol. The van der Waals surface area contributed by atoms with Crippen molar-refractivity contribution in [2.75, 3.05) is 0 Å². The van der Waals surface area contributed by atoms with Crippen LogP contribution in [0.25, 0.3) is 0 Å². The third-order valence-corrected chi connectivity index (χ3v) is 3.46. The molecule has 6 nitrogen and oxygen atoms in total. The van der Waals surface area contributed by atoms with Crippen LogP contribution >= 0.6 is 23.2 Å². The molecule has 0 aliphatic heterocycles. The largest absolute Gasteiger partial charge is 0.411 e. The monoisotopic (exact) mass is 338 g/mol. The molecule has 22 heavy (non-hydrogen) atoms. The summed E-state index contributed by atoms with van der Waals surface area (Å²) in [6.07, 6.45) is 1.13. The third-order valence-electron chi connectivity index (χ3n) is 2.72. The van der Waals surface area contributed by atoms with Gasteiger partial charge < -0.3 is 10.5 Å². The van der Waals surface area contributed by atoms with Crippen molar-refractivity contribution in [3.63, 3.8) is 0 Å². The van der Waals surface area contributed by atoms with E-state index < -0.39 is 0 Å². The van der Waals surface area contributed by atoms with E-state index in [-0.39, 0.29) is 18.1 Å². The number of nitrogens with zero attached hydrogens (tertiary/aromatic N) is 3. The molecule has 0 unspecified atom stereocenters. The first-order chi connectivity index (χ1) is 10.5. The van der Waals surface area contributed by atoms with E-state index in [1.807, 2.05) is 0 Å². The number of benzene rings is 1. The Morgan fingerprint density at radius 2 is 2.09 bits per heavy atom. The predicted octanol–water partition coefficient (Wildman–Crippen LogP) is 2.83. The molecule has 0 fully saturated rings. The van der Waals surface area contributed by atoms with E-state index >= 15 is 0 Å². The van der Waals surface area contributed by atoms with E-state index in [0.29, 0.717) is 21.6 Å². The summed E-state index contributed by atoms with van der Waals surface area (Å²) in [6.45, 7) is 1.92. The van der Waals surface area contributed by atoms with Crippen LogP contribution in [-0.2, 0) is 6.54 Å². The van der Waals surface area contributed by atoms with Crippen LogP contribution in [0, 0.1) is 6.92 Å². The minimum atomic E-state index is -0.371. The Hall–Kier alpha value is -2.18. The lowest BCUT2D eigenvalue weighted by Crippen LogP contribution is -2.24. The number of aromatic nitrogens is 2. The first-order valence-corrected chi connectivity index (χ1v) is 7.00. The molecule has 0 saturated carbocycles. The average molecular weight is 339 g/mol. The maximum Gasteiger partial charge on any atom is 0.270 e. The van der Waals surface area contributed by atoms with Gasteiger partial charge in [0.1, 0.15) is 11.5 Å². The molecule has 1 amide bonds. The van der Waals surface area contributed by atoms with E-state index in [4.69, 9.17) is 28.4 Å². The van der Waals surface area contributed by atoms with E-state index in [2.05, 4.69) is 20.4 Å². The summed E-state index contributed by atoms with van der Waals surface area (Å²) in [5.41, 5.74) is 1.34. The van der Waals surface area contributed by atoms with Gasteiger partial charge in [0.25, 0.3) is 5.91 Å². The van der Waals surface area contributed by atoms with Gasteiger partial charge in [-0.2, -0.15) is 0 Å². The fourth-order valence-electron chi connectivity index (χ4n) is 1.75. The highest BCUT2D eigenvalue weighted by atomic mass is 35.5. The molecule has 0 aliphatic carbocycles. The van der Waals surface area contributed by atoms with E-state index in [1.54, 1.807) is 25.1 Å². The molecule has 8 heteroatoms. The lowest BCUT2D eigenvalue weighted by molar-refractivity contribution is 0.0945. The van der Waals surface area contributed by atoms with Gasteiger partial charge in [-0.3, -0.25) is 4.79 Å². The van der Waals surface area contributed by atoms with Gasteiger partial charge in [-0.15, -0.1) is 0 Å². The van der Waals surface area contributed by atoms with Crippen LogP contribution in [0.1, 0.15) is 27.6 Å². The highest BCUT2D eigenvalue weighted by Gasteiger charge is 2.10. The molecule has 0 atom stereocenters. The summed E-state index contributed by atoms with van der Waals surface area (Å²) in [7, 11) is 0. The summed E-state index contributed by atoms with van der Waals surface area (Å²) in [5.74, 6) is 0.0289. The number of carbonyl (C=O) groups is 1. The van der Waals surface area contributed by atoms with Crippen LogP contribution in [0.4, 0.5) is 0 Å². The molecule has 1 heterocycles. The van der Waals surface area contributed by atoms with Crippen LogP contribution in [0.5, 0.6) is 0 Å². The lowest BCUT2D eigenvalue weighted by Gasteiger charge is -2.07. The highest BCUT2D eigenvalue weighted by Crippen LogP contribution is 2.22. The summed E-state index contributed by atoms with van der Waals surface area (Å²) in [5, 5.41) is 15.0. The quantitative estimate of drug-likeness (QED) is 0.509. The van der Waals surface area contributed by atoms with Crippen molar-refractivity contribution in [3.8, 4) is 0 Å². The molecule has 0 aliphatic rings. The standard InChI is InChI=1S/C14H12Cl2N4O2/c1-8-19-10(7-18-22)5-13(20-8)14(21)17-6-9-2-3-11(15)12(16)4-9/h2-5,7,22H,6H2,1H3,(H,17,21)/b18-7-. The minimum Gasteiger partial charge on any atom is -0.411 e. The Morgan fingerprint density at radius 3 is 2.77 bits per heavy atom. The number of carbonyl (C=O) groups excluding carboxylic acids is 1. The van der Waals surface area contributed by atoms with Crippen LogP contribution in [-0.4, -0.2) is 27.3 Å². The molecule has 2 rings (SSSR count). The van der Waals surface area contributed by atoms with Crippen molar-refractivity contribution in [3.05, 3.63) is 57.1 Å². The van der Waals surface area contributed by atoms with Crippen molar-refractivity contribution in [1.29, 1.82) is 0 Å². The fourth-order valence-corrected chi connectivity index (χ4v) is 2.08. The molecule has 1 aromatic carbocycles. The molecule has 0 saturated heterocycles. The van der Waals surface area contributed by atoms with Crippen LogP contribution in [0.15, 0.2) is 29.4 Å². The zero-order chi connectivity index (χ0) is 16.1. The summed E-state index contributed by atoms with van der Waals surface area (Å²) in [6, 6.07) is 6.54. The first-order valence-electron chi connectivity index (χ1n) is 6.25. The topological polar surface area (TPSA) is 87.5 Å². The van der Waals surface area contributed by atoms with E-state index in [1.165, 1.54) is 6.07 Å². The second kappa shape index (κ2) is 7.20. The predicted molar refractivity (Wildman–Crippen MR) is 83.8 cm³/mol. The van der Waals surface area contributed by atoms with Gasteiger partial charge in [0, 0.05) is 6.54 Å². The maximum absolute atomic E-state index is 12.1. The number of oxime groups is 1. The fraction of sp³-hybridized carbons (Fsp3) is 0.143. The van der Waals surface area contributed by atoms with Crippen LogP contribution < -0.4 is 5.32 Å². The van der Waals surface area contributed by atoms with Crippen LogP contribution in [0.3, 0.4) is 0 Å². The van der Waals surface area contributed by atoms with Gasteiger partial charge in [-0.25, -0.2) is 9.97 Å². The molecule has 1 aromatic heterocycles. The van der Waals surface area contributed by atoms with Crippen molar-refractivity contribution in [2.45, 2.75) is 13.5 Å². The molecule has 0 spiro atoms. The van der Waals surface area contributed by atoms with E-state index in [0.717, 1.165) is 11.8 Å². The Kier molecular flexibility index (Phi) is 5.30. The van der Waals surface area contributed by atoms with Crippen molar-refractivity contribution < 1.29 is 10.0 Å².